The van der Waals surface area contributed by atoms with Crippen LogP contribution in [0.25, 0.3) is 0 Å². The maximum Gasteiger partial charge on any atom is 0.264 e. The zero-order chi connectivity index (χ0) is 27.0. The molecule has 0 saturated carbocycles. The predicted molar refractivity (Wildman–Crippen MR) is 151 cm³/mol. The van der Waals surface area contributed by atoms with E-state index in [1.165, 1.54) is 11.1 Å². The van der Waals surface area contributed by atoms with Crippen LogP contribution in [0.1, 0.15) is 64.5 Å². The molecular weight excluding hydrogens is 488 g/mol. The van der Waals surface area contributed by atoms with Crippen molar-refractivity contribution in [2.45, 2.75) is 77.6 Å². The molecule has 0 bridgehead atoms. The van der Waals surface area contributed by atoms with Gasteiger partial charge >= 0.3 is 0 Å². The minimum Gasteiger partial charge on any atom is -0.417 e. The summed E-state index contributed by atoms with van der Waals surface area (Å²) in [5, 5.41) is 0.137. The summed E-state index contributed by atoms with van der Waals surface area (Å²) in [5.74, 6) is 0.180. The smallest absolute Gasteiger partial charge is 0.264 e. The molecule has 0 aromatic heterocycles. The van der Waals surface area contributed by atoms with Crippen LogP contribution in [0.5, 0.6) is 0 Å². The Morgan fingerprint density at radius 1 is 0.806 bits per heavy atom. The maximum atomic E-state index is 11.4. The van der Waals surface area contributed by atoms with Gasteiger partial charge in [0, 0.05) is 12.5 Å². The SMILES string of the molecule is CC(C)(CC(CCO[Si](C)(C)C(C)(C)C)OCCOS(C)(=O)=O)C(c1ccccc1)c1ccccc1. The molecule has 0 radical (unpaired) electrons. The van der Waals surface area contributed by atoms with Crippen molar-refractivity contribution in [3.05, 3.63) is 71.8 Å². The highest BCUT2D eigenvalue weighted by Crippen LogP contribution is 2.45. The molecule has 2 aromatic carbocycles. The van der Waals surface area contributed by atoms with Crippen LogP contribution in [0.2, 0.25) is 18.1 Å². The van der Waals surface area contributed by atoms with Gasteiger partial charge in [-0.1, -0.05) is 95.3 Å². The molecule has 2 aromatic rings. The average Bonchev–Trinajstić information content (AvgIpc) is 2.76. The van der Waals surface area contributed by atoms with Crippen molar-refractivity contribution >= 4 is 18.4 Å². The molecular formula is C29H46O5SSi. The van der Waals surface area contributed by atoms with Crippen LogP contribution < -0.4 is 0 Å². The van der Waals surface area contributed by atoms with Crippen molar-refractivity contribution < 1.29 is 21.8 Å². The lowest BCUT2D eigenvalue weighted by molar-refractivity contribution is -0.00551. The summed E-state index contributed by atoms with van der Waals surface area (Å²) in [7, 11) is -5.37. The maximum absolute atomic E-state index is 11.4. The second-order valence-electron chi connectivity index (χ2n) is 11.9. The fourth-order valence-corrected chi connectivity index (χ4v) is 5.83. The predicted octanol–water partition coefficient (Wildman–Crippen LogP) is 7.01. The molecule has 0 amide bonds. The Morgan fingerprint density at radius 3 is 1.75 bits per heavy atom. The van der Waals surface area contributed by atoms with Crippen molar-refractivity contribution in [3.63, 3.8) is 0 Å². The summed E-state index contributed by atoms with van der Waals surface area (Å²) in [4.78, 5) is 0. The molecule has 0 aliphatic carbocycles. The van der Waals surface area contributed by atoms with Crippen molar-refractivity contribution in [3.8, 4) is 0 Å². The Balaban J connectivity index is 2.23. The van der Waals surface area contributed by atoms with E-state index in [1.807, 2.05) is 12.1 Å². The van der Waals surface area contributed by atoms with Crippen molar-refractivity contribution in [2.75, 3.05) is 26.1 Å². The van der Waals surface area contributed by atoms with Crippen LogP contribution in [0.4, 0.5) is 0 Å². The molecule has 1 atom stereocenters. The van der Waals surface area contributed by atoms with Gasteiger partial charge in [-0.15, -0.1) is 0 Å². The topological polar surface area (TPSA) is 61.8 Å². The Morgan fingerprint density at radius 2 is 1.31 bits per heavy atom. The zero-order valence-electron chi connectivity index (χ0n) is 23.4. The lowest BCUT2D eigenvalue weighted by Crippen LogP contribution is -2.41. The Kier molecular flexibility index (Phi) is 10.9. The van der Waals surface area contributed by atoms with Gasteiger partial charge in [-0.3, -0.25) is 4.18 Å². The number of hydrogen-bond donors (Lipinski definition) is 0. The van der Waals surface area contributed by atoms with Crippen LogP contribution in [-0.2, 0) is 23.5 Å². The van der Waals surface area contributed by atoms with Crippen molar-refractivity contribution in [1.29, 1.82) is 0 Å². The Labute approximate surface area is 220 Å². The zero-order valence-corrected chi connectivity index (χ0v) is 25.2. The molecule has 202 valence electrons. The van der Waals surface area contributed by atoms with Crippen LogP contribution in [0.15, 0.2) is 60.7 Å². The molecule has 0 aliphatic heterocycles. The highest BCUT2D eigenvalue weighted by Gasteiger charge is 2.38. The third kappa shape index (κ3) is 9.75. The molecule has 0 spiro atoms. The summed E-state index contributed by atoms with van der Waals surface area (Å²) in [6.45, 7) is 16.7. The highest BCUT2D eigenvalue weighted by molar-refractivity contribution is 7.85. The van der Waals surface area contributed by atoms with E-state index in [9.17, 15) is 8.42 Å². The standard InChI is InChI=1S/C29H46O5SSi/c1-28(2,3)36(7,8)34-20-19-26(32-21-22-33-35(6,30)31)23-29(4,5)27(24-15-11-9-12-16-24)25-17-13-10-14-18-25/h9-18,26-27H,19-23H2,1-8H3. The fourth-order valence-electron chi connectivity index (χ4n) is 4.40. The third-order valence-corrected chi connectivity index (χ3v) is 12.4. The summed E-state index contributed by atoms with van der Waals surface area (Å²) in [6.07, 6.45) is 2.50. The fraction of sp³-hybridized carbons (Fsp3) is 0.586. The second-order valence-corrected chi connectivity index (χ2v) is 18.3. The minimum atomic E-state index is -3.49. The number of hydrogen-bond acceptors (Lipinski definition) is 5. The van der Waals surface area contributed by atoms with Crippen LogP contribution in [0.3, 0.4) is 0 Å². The molecule has 7 heteroatoms. The quantitative estimate of drug-likeness (QED) is 0.148. The van der Waals surface area contributed by atoms with Gasteiger partial charge in [-0.05, 0) is 47.5 Å². The first-order chi connectivity index (χ1) is 16.6. The molecule has 0 heterocycles. The normalized spacial score (nSPS) is 14.2. The van der Waals surface area contributed by atoms with Gasteiger partial charge in [0.1, 0.15) is 0 Å². The molecule has 0 fully saturated rings. The van der Waals surface area contributed by atoms with E-state index in [-0.39, 0.29) is 35.7 Å². The monoisotopic (exact) mass is 534 g/mol. The van der Waals surface area contributed by atoms with Crippen LogP contribution in [0, 0.1) is 5.41 Å². The van der Waals surface area contributed by atoms with Gasteiger partial charge in [0.15, 0.2) is 8.32 Å². The number of rotatable bonds is 14. The summed E-state index contributed by atoms with van der Waals surface area (Å²) >= 11 is 0. The van der Waals surface area contributed by atoms with Gasteiger partial charge in [-0.2, -0.15) is 8.42 Å². The van der Waals surface area contributed by atoms with Crippen LogP contribution >= 0.6 is 0 Å². The van der Waals surface area contributed by atoms with E-state index in [2.05, 4.69) is 96.2 Å². The molecule has 5 nitrogen and oxygen atoms in total. The van der Waals surface area contributed by atoms with E-state index >= 15 is 0 Å². The minimum absolute atomic E-state index is 0.0135. The van der Waals surface area contributed by atoms with E-state index in [4.69, 9.17) is 13.3 Å². The largest absolute Gasteiger partial charge is 0.417 e. The average molecular weight is 535 g/mol. The van der Waals surface area contributed by atoms with Gasteiger partial charge < -0.3 is 9.16 Å². The van der Waals surface area contributed by atoms with E-state index < -0.39 is 18.4 Å². The highest BCUT2D eigenvalue weighted by atomic mass is 32.2. The second kappa shape index (κ2) is 12.8. The van der Waals surface area contributed by atoms with Crippen LogP contribution in [-0.4, -0.2) is 48.9 Å². The molecule has 0 saturated heterocycles. The lowest BCUT2D eigenvalue weighted by Gasteiger charge is -2.39. The van der Waals surface area contributed by atoms with E-state index in [0.29, 0.717) is 6.61 Å². The van der Waals surface area contributed by atoms with Gasteiger partial charge in [-0.25, -0.2) is 0 Å². The summed E-state index contributed by atoms with van der Waals surface area (Å²) < 4.78 is 40.4. The molecule has 36 heavy (non-hydrogen) atoms. The molecule has 2 rings (SSSR count). The van der Waals surface area contributed by atoms with Gasteiger partial charge in [0.05, 0.1) is 25.6 Å². The molecule has 0 N–H and O–H groups in total. The third-order valence-electron chi connectivity index (χ3n) is 7.24. The van der Waals surface area contributed by atoms with Crippen molar-refractivity contribution in [1.82, 2.24) is 0 Å². The van der Waals surface area contributed by atoms with Crippen molar-refractivity contribution in [2.24, 2.45) is 5.41 Å². The van der Waals surface area contributed by atoms with Gasteiger partial charge in [0.25, 0.3) is 10.1 Å². The lowest BCUT2D eigenvalue weighted by atomic mass is 9.68. The Bertz CT molecular complexity index is 975. The summed E-state index contributed by atoms with van der Waals surface area (Å²) in [6, 6.07) is 21.2. The first kappa shape index (κ1) is 30.7. The first-order valence-corrected chi connectivity index (χ1v) is 17.5. The van der Waals surface area contributed by atoms with Gasteiger partial charge in [0.2, 0.25) is 0 Å². The van der Waals surface area contributed by atoms with E-state index in [0.717, 1.165) is 19.1 Å². The molecule has 1 unspecified atom stereocenters. The first-order valence-electron chi connectivity index (χ1n) is 12.8. The number of benzene rings is 2. The Hall–Kier alpha value is -1.51. The molecule has 0 aliphatic rings. The number of ether oxygens (including phenoxy) is 1. The van der Waals surface area contributed by atoms with E-state index in [1.54, 1.807) is 0 Å². The summed E-state index contributed by atoms with van der Waals surface area (Å²) in [5.41, 5.74) is 2.40.